The fourth-order valence-electron chi connectivity index (χ4n) is 3.03. The smallest absolute Gasteiger partial charge is 0.171 e. The Morgan fingerprint density at radius 2 is 1.92 bits per heavy atom. The van der Waals surface area contributed by atoms with Crippen LogP contribution in [0, 0.1) is 5.41 Å². The van der Waals surface area contributed by atoms with Crippen molar-refractivity contribution in [3.8, 4) is 0 Å². The van der Waals surface area contributed by atoms with Gasteiger partial charge in [0.05, 0.1) is 6.61 Å². The van der Waals surface area contributed by atoms with E-state index in [-0.39, 0.29) is 5.41 Å². The van der Waals surface area contributed by atoms with Crippen molar-refractivity contribution in [2.75, 3.05) is 18.6 Å². The molecule has 2 N–H and O–H groups in total. The minimum Gasteiger partial charge on any atom is -0.493 e. The molecule has 0 saturated heterocycles. The first-order chi connectivity index (χ1) is 11.2. The lowest BCUT2D eigenvalue weighted by Crippen LogP contribution is -2.24. The Morgan fingerprint density at radius 3 is 2.50 bits per heavy atom. The minimum atomic E-state index is -3.26. The zero-order valence-electron chi connectivity index (χ0n) is 14.9. The average molecular weight is 349 g/mol. The van der Waals surface area contributed by atoms with Crippen LogP contribution in [0.15, 0.2) is 41.0 Å². The van der Waals surface area contributed by atoms with Gasteiger partial charge < -0.3 is 10.5 Å². The number of nitrogen functional groups attached to an aromatic ring is 1. The normalized spacial score (nSPS) is 17.6. The zero-order valence-corrected chi connectivity index (χ0v) is 15.7. The van der Waals surface area contributed by atoms with Crippen LogP contribution in [0.2, 0.25) is 0 Å². The summed E-state index contributed by atoms with van der Waals surface area (Å²) in [5.74, 6) is 0.623. The molecule has 0 bridgehead atoms. The van der Waals surface area contributed by atoms with Crippen molar-refractivity contribution >= 4 is 21.1 Å². The fourth-order valence-corrected chi connectivity index (χ4v) is 3.97. The molecule has 0 aliphatic heterocycles. The topological polar surface area (TPSA) is 69.4 Å². The van der Waals surface area contributed by atoms with Crippen molar-refractivity contribution in [2.24, 2.45) is 5.41 Å². The number of benzene rings is 1. The Hall–Kier alpha value is -1.75. The largest absolute Gasteiger partial charge is 0.493 e. The molecule has 1 aliphatic rings. The molecule has 0 aromatic heterocycles. The van der Waals surface area contributed by atoms with Crippen LogP contribution in [0.3, 0.4) is 0 Å². The summed E-state index contributed by atoms with van der Waals surface area (Å²) in [5, 5.41) is 0. The van der Waals surface area contributed by atoms with Crippen molar-refractivity contribution in [3.63, 3.8) is 0 Å². The van der Waals surface area contributed by atoms with Crippen molar-refractivity contribution < 1.29 is 13.2 Å². The molecule has 24 heavy (non-hydrogen) atoms. The molecule has 132 valence electrons. The highest BCUT2D eigenvalue weighted by Crippen LogP contribution is 2.48. The van der Waals surface area contributed by atoms with Gasteiger partial charge in [0.15, 0.2) is 9.84 Å². The number of anilines is 1. The highest BCUT2D eigenvalue weighted by molar-refractivity contribution is 7.94. The molecule has 1 aliphatic carbocycles. The third kappa shape index (κ3) is 4.01. The van der Waals surface area contributed by atoms with Gasteiger partial charge in [-0.3, -0.25) is 0 Å². The predicted molar refractivity (Wildman–Crippen MR) is 100.0 cm³/mol. The summed E-state index contributed by atoms with van der Waals surface area (Å²) in [4.78, 5) is 0.414. The first-order valence-electron chi connectivity index (χ1n) is 8.30. The molecule has 0 atom stereocenters. The first-order valence-corrected chi connectivity index (χ1v) is 10.2. The van der Waals surface area contributed by atoms with E-state index in [4.69, 9.17) is 10.5 Å². The molecule has 0 spiro atoms. The van der Waals surface area contributed by atoms with Crippen LogP contribution in [0.1, 0.15) is 45.6 Å². The fraction of sp³-hybridized carbons (Fsp3) is 0.474. The van der Waals surface area contributed by atoms with Gasteiger partial charge in [-0.2, -0.15) is 0 Å². The van der Waals surface area contributed by atoms with Crippen molar-refractivity contribution in [3.05, 3.63) is 46.6 Å². The summed E-state index contributed by atoms with van der Waals surface area (Å²) >= 11 is 0. The maximum absolute atomic E-state index is 12.1. The van der Waals surface area contributed by atoms with Gasteiger partial charge in [-0.25, -0.2) is 8.42 Å². The van der Waals surface area contributed by atoms with E-state index >= 15 is 0 Å². The van der Waals surface area contributed by atoms with E-state index in [1.165, 1.54) is 6.26 Å². The lowest BCUT2D eigenvalue weighted by molar-refractivity contribution is 0.214. The van der Waals surface area contributed by atoms with Gasteiger partial charge in [-0.1, -0.05) is 45.4 Å². The van der Waals surface area contributed by atoms with Crippen LogP contribution < -0.4 is 5.73 Å². The van der Waals surface area contributed by atoms with Gasteiger partial charge in [-0.05, 0) is 30.4 Å². The zero-order chi connectivity index (χ0) is 18.0. The SMILES string of the molecule is CCCCOC1=C(c2ccccc2N)C(C)(C)CC(S(C)(=O)=O)=C1. The Morgan fingerprint density at radius 1 is 1.25 bits per heavy atom. The number of hydrogen-bond donors (Lipinski definition) is 1. The third-order valence-electron chi connectivity index (χ3n) is 4.29. The van der Waals surface area contributed by atoms with Gasteiger partial charge in [0.25, 0.3) is 0 Å². The summed E-state index contributed by atoms with van der Waals surface area (Å²) in [5.41, 5.74) is 8.36. The molecule has 0 saturated carbocycles. The molecular formula is C19H27NO3S. The molecule has 4 nitrogen and oxygen atoms in total. The number of ether oxygens (including phenoxy) is 1. The van der Waals surface area contributed by atoms with Crippen molar-refractivity contribution in [1.82, 2.24) is 0 Å². The summed E-state index contributed by atoms with van der Waals surface area (Å²) < 4.78 is 30.2. The van der Waals surface area contributed by atoms with Gasteiger partial charge >= 0.3 is 0 Å². The van der Waals surface area contributed by atoms with E-state index in [0.29, 0.717) is 29.4 Å². The maximum atomic E-state index is 12.1. The van der Waals surface area contributed by atoms with E-state index in [1.54, 1.807) is 6.08 Å². The van der Waals surface area contributed by atoms with Crippen LogP contribution in [0.5, 0.6) is 0 Å². The van der Waals surface area contributed by atoms with Gasteiger partial charge in [0.1, 0.15) is 5.76 Å². The van der Waals surface area contributed by atoms with Crippen molar-refractivity contribution in [1.29, 1.82) is 0 Å². The quantitative estimate of drug-likeness (QED) is 0.618. The number of sulfone groups is 1. The lowest BCUT2D eigenvalue weighted by atomic mass is 9.74. The summed E-state index contributed by atoms with van der Waals surface area (Å²) in [6.45, 7) is 6.73. The Balaban J connectivity index is 2.64. The van der Waals surface area contributed by atoms with Gasteiger partial charge in [0, 0.05) is 28.0 Å². The maximum Gasteiger partial charge on any atom is 0.171 e. The molecule has 0 unspecified atom stereocenters. The number of unbranched alkanes of at least 4 members (excludes halogenated alkanes) is 1. The molecule has 2 rings (SSSR count). The minimum absolute atomic E-state index is 0.385. The van der Waals surface area contributed by atoms with Gasteiger partial charge in [0.2, 0.25) is 0 Å². The standard InChI is InChI=1S/C19H27NO3S/c1-5-6-11-23-17-12-14(24(4,21)22)13-19(2,3)18(17)15-9-7-8-10-16(15)20/h7-10,12H,5-6,11,13,20H2,1-4H3. The summed E-state index contributed by atoms with van der Waals surface area (Å²) in [7, 11) is -3.26. The van der Waals surface area contributed by atoms with Crippen LogP contribution in [0.4, 0.5) is 5.69 Å². The van der Waals surface area contributed by atoms with E-state index in [0.717, 1.165) is 24.0 Å². The molecule has 0 radical (unpaired) electrons. The number of rotatable bonds is 6. The molecule has 1 aromatic rings. The summed E-state index contributed by atoms with van der Waals surface area (Å²) in [6, 6.07) is 7.66. The Kier molecular flexibility index (Phi) is 5.43. The number of nitrogens with two attached hydrogens (primary N) is 1. The number of allylic oxidation sites excluding steroid dienone is 3. The molecular weight excluding hydrogens is 322 g/mol. The van der Waals surface area contributed by atoms with E-state index in [2.05, 4.69) is 6.92 Å². The molecule has 0 amide bonds. The third-order valence-corrected chi connectivity index (χ3v) is 5.51. The van der Waals surface area contributed by atoms with Crippen LogP contribution in [-0.2, 0) is 14.6 Å². The van der Waals surface area contributed by atoms with Crippen LogP contribution >= 0.6 is 0 Å². The Labute approximate surface area is 145 Å². The molecule has 5 heteroatoms. The van der Waals surface area contributed by atoms with E-state index in [1.807, 2.05) is 38.1 Å². The van der Waals surface area contributed by atoms with Gasteiger partial charge in [-0.15, -0.1) is 0 Å². The van der Waals surface area contributed by atoms with Crippen LogP contribution in [-0.4, -0.2) is 21.3 Å². The van der Waals surface area contributed by atoms with E-state index in [9.17, 15) is 8.42 Å². The molecule has 0 heterocycles. The first kappa shape index (κ1) is 18.6. The highest BCUT2D eigenvalue weighted by atomic mass is 32.2. The molecule has 1 aromatic carbocycles. The van der Waals surface area contributed by atoms with Crippen molar-refractivity contribution in [2.45, 2.75) is 40.0 Å². The van der Waals surface area contributed by atoms with Crippen LogP contribution in [0.25, 0.3) is 5.57 Å². The number of hydrogen-bond acceptors (Lipinski definition) is 4. The lowest BCUT2D eigenvalue weighted by Gasteiger charge is -2.35. The second-order valence-corrected chi connectivity index (χ2v) is 9.04. The monoisotopic (exact) mass is 349 g/mol. The predicted octanol–water partition coefficient (Wildman–Crippen LogP) is 4.16. The second-order valence-electron chi connectivity index (χ2n) is 6.97. The second kappa shape index (κ2) is 7.01. The molecule has 0 fully saturated rings. The average Bonchev–Trinajstić information content (AvgIpc) is 2.47. The highest BCUT2D eigenvalue weighted by Gasteiger charge is 2.36. The van der Waals surface area contributed by atoms with E-state index < -0.39 is 9.84 Å². The Bertz CT molecular complexity index is 774. The number of para-hydroxylation sites is 1. The summed E-state index contributed by atoms with van der Waals surface area (Å²) in [6.07, 6.45) is 5.31.